The van der Waals surface area contributed by atoms with Gasteiger partial charge >= 0.3 is 0 Å². The molecule has 3 heterocycles. The number of hydrogen-bond acceptors (Lipinski definition) is 7. The number of benzene rings is 1. The summed E-state index contributed by atoms with van der Waals surface area (Å²) in [5.74, 6) is 0.580. The van der Waals surface area contributed by atoms with E-state index in [-0.39, 0.29) is 11.9 Å². The van der Waals surface area contributed by atoms with Crippen molar-refractivity contribution in [1.29, 1.82) is 0 Å². The van der Waals surface area contributed by atoms with Gasteiger partial charge in [-0.15, -0.1) is 5.10 Å². The number of hydrogen-bond donors (Lipinski definition) is 1. The van der Waals surface area contributed by atoms with Crippen molar-refractivity contribution in [2.45, 2.75) is 19.0 Å². The van der Waals surface area contributed by atoms with Crippen LogP contribution in [0.1, 0.15) is 11.6 Å². The van der Waals surface area contributed by atoms with Crippen LogP contribution in [0.4, 0.5) is 0 Å². The molecule has 0 bridgehead atoms. The van der Waals surface area contributed by atoms with Gasteiger partial charge in [-0.25, -0.2) is 4.98 Å². The highest BCUT2D eigenvalue weighted by Crippen LogP contribution is 2.19. The van der Waals surface area contributed by atoms with E-state index in [0.29, 0.717) is 25.4 Å². The summed E-state index contributed by atoms with van der Waals surface area (Å²) in [6.07, 6.45) is 0.443. The molecule has 4 rings (SSSR count). The summed E-state index contributed by atoms with van der Waals surface area (Å²) in [6, 6.07) is 7.31. The van der Waals surface area contributed by atoms with Gasteiger partial charge in [0.1, 0.15) is 5.52 Å². The minimum absolute atomic E-state index is 0.00157. The number of para-hydroxylation sites is 2. The van der Waals surface area contributed by atoms with Gasteiger partial charge < -0.3 is 9.73 Å². The Bertz CT molecular complexity index is 783. The number of rotatable bonds is 4. The van der Waals surface area contributed by atoms with Crippen LogP contribution in [0.3, 0.4) is 0 Å². The van der Waals surface area contributed by atoms with E-state index in [1.165, 1.54) is 11.5 Å². The van der Waals surface area contributed by atoms with Crippen molar-refractivity contribution in [2.75, 3.05) is 13.1 Å². The molecule has 0 aliphatic carbocycles. The maximum Gasteiger partial charge on any atom is 0.237 e. The quantitative estimate of drug-likeness (QED) is 0.775. The minimum atomic E-state index is -0.307. The van der Waals surface area contributed by atoms with Crippen molar-refractivity contribution in [1.82, 2.24) is 24.8 Å². The minimum Gasteiger partial charge on any atom is -0.441 e. The van der Waals surface area contributed by atoms with Crippen LogP contribution in [0.25, 0.3) is 11.1 Å². The predicted molar refractivity (Wildman–Crippen MR) is 84.8 cm³/mol. The molecule has 1 N–H and O–H groups in total. The second-order valence-corrected chi connectivity index (χ2v) is 6.06. The number of carbonyl (C=O) groups is 1. The van der Waals surface area contributed by atoms with E-state index in [0.717, 1.165) is 23.3 Å². The van der Waals surface area contributed by atoms with Crippen molar-refractivity contribution >= 4 is 28.5 Å². The Morgan fingerprint density at radius 1 is 1.39 bits per heavy atom. The first-order valence-electron chi connectivity index (χ1n) is 7.42. The van der Waals surface area contributed by atoms with Crippen molar-refractivity contribution in [3.05, 3.63) is 41.2 Å². The lowest BCUT2D eigenvalue weighted by Crippen LogP contribution is -2.55. The van der Waals surface area contributed by atoms with Gasteiger partial charge in [-0.3, -0.25) is 9.69 Å². The van der Waals surface area contributed by atoms with Crippen molar-refractivity contribution in [3.63, 3.8) is 0 Å². The molecule has 0 saturated carbocycles. The van der Waals surface area contributed by atoms with Crippen LogP contribution in [0.15, 0.2) is 34.1 Å². The zero-order chi connectivity index (χ0) is 15.6. The van der Waals surface area contributed by atoms with Crippen LogP contribution in [-0.4, -0.2) is 44.5 Å². The van der Waals surface area contributed by atoms with Crippen LogP contribution in [0, 0.1) is 0 Å². The summed E-state index contributed by atoms with van der Waals surface area (Å²) < 4.78 is 9.64. The number of carbonyl (C=O) groups excluding carboxylic acids is 1. The van der Waals surface area contributed by atoms with Gasteiger partial charge in [0.25, 0.3) is 0 Å². The third-order valence-corrected chi connectivity index (χ3v) is 4.47. The van der Waals surface area contributed by atoms with Crippen LogP contribution < -0.4 is 5.32 Å². The first-order chi connectivity index (χ1) is 11.3. The molecule has 23 heavy (non-hydrogen) atoms. The zero-order valence-electron chi connectivity index (χ0n) is 12.3. The summed E-state index contributed by atoms with van der Waals surface area (Å²) in [6.45, 7) is 2.02. The highest BCUT2D eigenvalue weighted by molar-refractivity contribution is 7.03. The van der Waals surface area contributed by atoms with E-state index < -0.39 is 0 Å². The Labute approximate surface area is 136 Å². The normalized spacial score (nSPS) is 19.1. The average molecular weight is 329 g/mol. The van der Waals surface area contributed by atoms with E-state index in [1.807, 2.05) is 29.6 Å². The van der Waals surface area contributed by atoms with Crippen molar-refractivity contribution < 1.29 is 9.21 Å². The maximum absolute atomic E-state index is 12.3. The van der Waals surface area contributed by atoms with E-state index >= 15 is 0 Å². The summed E-state index contributed by atoms with van der Waals surface area (Å²) in [4.78, 5) is 18.9. The van der Waals surface area contributed by atoms with Gasteiger partial charge in [-0.05, 0) is 23.7 Å². The molecule has 1 atom stereocenters. The third-order valence-electron chi connectivity index (χ3n) is 3.92. The third kappa shape index (κ3) is 2.95. The molecule has 8 heteroatoms. The van der Waals surface area contributed by atoms with E-state index in [9.17, 15) is 4.79 Å². The summed E-state index contributed by atoms with van der Waals surface area (Å²) in [5.41, 5.74) is 2.44. The number of fused-ring (bicyclic) bond motifs is 1. The fraction of sp³-hybridized carbons (Fsp3) is 0.333. The number of piperazine rings is 1. The average Bonchev–Trinajstić information content (AvgIpc) is 3.19. The van der Waals surface area contributed by atoms with Gasteiger partial charge in [0.2, 0.25) is 5.91 Å². The lowest BCUT2D eigenvalue weighted by atomic mass is 10.1. The fourth-order valence-corrected chi connectivity index (χ4v) is 3.25. The van der Waals surface area contributed by atoms with E-state index in [4.69, 9.17) is 4.42 Å². The Kier molecular flexibility index (Phi) is 3.76. The molecule has 118 valence electrons. The van der Waals surface area contributed by atoms with Gasteiger partial charge in [0.05, 0.1) is 11.7 Å². The Balaban J connectivity index is 1.56. The molecule has 1 saturated heterocycles. The molecule has 1 aromatic carbocycles. The van der Waals surface area contributed by atoms with Gasteiger partial charge in [0, 0.05) is 31.4 Å². The smallest absolute Gasteiger partial charge is 0.237 e. The SMILES string of the molecule is O=C1NCCN(Cc2csnn2)C1Cc1nc2ccccc2o1. The fourth-order valence-electron chi connectivity index (χ4n) is 2.81. The van der Waals surface area contributed by atoms with Crippen LogP contribution >= 0.6 is 11.5 Å². The first-order valence-corrected chi connectivity index (χ1v) is 8.25. The first kappa shape index (κ1) is 14.3. The van der Waals surface area contributed by atoms with Crippen LogP contribution in [0.5, 0.6) is 0 Å². The molecule has 1 fully saturated rings. The Hall–Kier alpha value is -2.32. The lowest BCUT2D eigenvalue weighted by molar-refractivity contribution is -0.129. The molecule has 1 aliphatic rings. The van der Waals surface area contributed by atoms with Crippen LogP contribution in [-0.2, 0) is 17.8 Å². The van der Waals surface area contributed by atoms with E-state index in [1.54, 1.807) is 0 Å². The monoisotopic (exact) mass is 329 g/mol. The Morgan fingerprint density at radius 2 is 2.30 bits per heavy atom. The molecule has 7 nitrogen and oxygen atoms in total. The number of aromatic nitrogens is 3. The Morgan fingerprint density at radius 3 is 3.13 bits per heavy atom. The molecule has 3 aromatic rings. The molecule has 2 aromatic heterocycles. The molecular formula is C15H15N5O2S. The van der Waals surface area contributed by atoms with Gasteiger partial charge in [-0.1, -0.05) is 16.6 Å². The van der Waals surface area contributed by atoms with E-state index in [2.05, 4.69) is 24.8 Å². The van der Waals surface area contributed by atoms with Crippen LogP contribution in [0.2, 0.25) is 0 Å². The second-order valence-electron chi connectivity index (χ2n) is 5.45. The lowest BCUT2D eigenvalue weighted by Gasteiger charge is -2.33. The maximum atomic E-state index is 12.3. The number of nitrogens with zero attached hydrogens (tertiary/aromatic N) is 4. The van der Waals surface area contributed by atoms with Gasteiger partial charge in [0.15, 0.2) is 11.5 Å². The summed E-state index contributed by atoms with van der Waals surface area (Å²) >= 11 is 1.32. The zero-order valence-corrected chi connectivity index (χ0v) is 13.1. The predicted octanol–water partition coefficient (Wildman–Crippen LogP) is 1.22. The largest absolute Gasteiger partial charge is 0.441 e. The highest BCUT2D eigenvalue weighted by Gasteiger charge is 2.31. The second kappa shape index (κ2) is 6.05. The number of amides is 1. The number of oxazole rings is 1. The van der Waals surface area contributed by atoms with Gasteiger partial charge in [-0.2, -0.15) is 0 Å². The molecule has 1 unspecified atom stereocenters. The molecule has 1 amide bonds. The molecule has 0 radical (unpaired) electrons. The topological polar surface area (TPSA) is 84.2 Å². The molecule has 0 spiro atoms. The summed E-state index contributed by atoms with van der Waals surface area (Å²) in [7, 11) is 0. The molecular weight excluding hydrogens is 314 g/mol. The standard InChI is InChI=1S/C15H15N5O2S/c21-15-12(7-14-17-11-3-1-2-4-13(11)22-14)20(6-5-16-15)8-10-9-23-19-18-10/h1-4,9,12H,5-8H2,(H,16,21). The highest BCUT2D eigenvalue weighted by atomic mass is 32.1. The summed E-state index contributed by atoms with van der Waals surface area (Å²) in [5, 5.41) is 8.89. The van der Waals surface area contributed by atoms with Crippen molar-refractivity contribution in [2.24, 2.45) is 0 Å². The molecule has 1 aliphatic heterocycles. The number of nitrogens with one attached hydrogen (secondary N) is 1. The van der Waals surface area contributed by atoms with Crippen molar-refractivity contribution in [3.8, 4) is 0 Å².